The minimum Gasteiger partial charge on any atom is -0.335 e. The molecule has 2 aliphatic rings. The van der Waals surface area contributed by atoms with Gasteiger partial charge in [-0.15, -0.1) is 0 Å². The van der Waals surface area contributed by atoms with Gasteiger partial charge in [0.05, 0.1) is 12.0 Å². The van der Waals surface area contributed by atoms with Crippen molar-refractivity contribution in [2.75, 3.05) is 6.54 Å². The van der Waals surface area contributed by atoms with E-state index in [0.717, 1.165) is 29.5 Å². The summed E-state index contributed by atoms with van der Waals surface area (Å²) in [6.07, 6.45) is 2.13. The van der Waals surface area contributed by atoms with Crippen molar-refractivity contribution in [3.05, 3.63) is 71.3 Å². The third-order valence-corrected chi connectivity index (χ3v) is 7.94. The van der Waals surface area contributed by atoms with Crippen LogP contribution in [0.2, 0.25) is 0 Å². The summed E-state index contributed by atoms with van der Waals surface area (Å²) in [6, 6.07) is 16.9. The van der Waals surface area contributed by atoms with Crippen LogP contribution in [0.5, 0.6) is 0 Å². The Morgan fingerprint density at radius 3 is 2.57 bits per heavy atom. The second-order valence-electron chi connectivity index (χ2n) is 8.12. The van der Waals surface area contributed by atoms with E-state index >= 15 is 0 Å². The molecule has 30 heavy (non-hydrogen) atoms. The van der Waals surface area contributed by atoms with E-state index in [1.165, 1.54) is 0 Å². The zero-order valence-electron chi connectivity index (χ0n) is 17.0. The standard InChI is InChI=1S/C23H26N2O4S/c1-16(17-8-3-2-4-9-17)25-15-19(14-22(25)26)23(27)24-30(28,29)21-13-7-11-18-10-5-6-12-20(18)21/h2-6,8-10,12,16,19,21H,7,11,13-15H2,1H3,(H,24,27). The Labute approximate surface area is 177 Å². The molecule has 158 valence electrons. The van der Waals surface area contributed by atoms with Crippen LogP contribution < -0.4 is 4.72 Å². The van der Waals surface area contributed by atoms with Gasteiger partial charge < -0.3 is 4.90 Å². The first-order valence-electron chi connectivity index (χ1n) is 10.3. The normalized spacial score (nSPS) is 22.4. The van der Waals surface area contributed by atoms with Crippen LogP contribution in [0.1, 0.15) is 54.2 Å². The zero-order chi connectivity index (χ0) is 21.3. The van der Waals surface area contributed by atoms with Gasteiger partial charge in [0.1, 0.15) is 5.25 Å². The van der Waals surface area contributed by atoms with Crippen LogP contribution in [-0.2, 0) is 26.0 Å². The molecule has 1 aliphatic heterocycles. The number of benzene rings is 2. The van der Waals surface area contributed by atoms with Gasteiger partial charge in [-0.05, 0) is 42.9 Å². The van der Waals surface area contributed by atoms with Gasteiger partial charge in [0.15, 0.2) is 0 Å². The number of amides is 2. The van der Waals surface area contributed by atoms with E-state index in [-0.39, 0.29) is 24.9 Å². The molecule has 3 atom stereocenters. The molecule has 2 amide bonds. The van der Waals surface area contributed by atoms with Crippen molar-refractivity contribution in [1.29, 1.82) is 0 Å². The van der Waals surface area contributed by atoms with Crippen LogP contribution in [0.25, 0.3) is 0 Å². The molecular weight excluding hydrogens is 400 g/mol. The molecule has 2 aromatic rings. The lowest BCUT2D eigenvalue weighted by Crippen LogP contribution is -2.40. The number of nitrogens with zero attached hydrogens (tertiary/aromatic N) is 1. The van der Waals surface area contributed by atoms with E-state index in [4.69, 9.17) is 0 Å². The maximum Gasteiger partial charge on any atom is 0.241 e. The van der Waals surface area contributed by atoms with Crippen molar-refractivity contribution < 1.29 is 18.0 Å². The molecule has 7 heteroatoms. The lowest BCUT2D eigenvalue weighted by Gasteiger charge is -2.26. The van der Waals surface area contributed by atoms with Crippen molar-refractivity contribution in [2.45, 2.75) is 43.9 Å². The predicted molar refractivity (Wildman–Crippen MR) is 114 cm³/mol. The first-order valence-corrected chi connectivity index (χ1v) is 11.9. The van der Waals surface area contributed by atoms with Crippen LogP contribution in [0, 0.1) is 5.92 Å². The molecule has 0 spiro atoms. The highest BCUT2D eigenvalue weighted by Crippen LogP contribution is 2.35. The van der Waals surface area contributed by atoms with Crippen molar-refractivity contribution >= 4 is 21.8 Å². The Balaban J connectivity index is 1.46. The molecule has 1 aliphatic carbocycles. The summed E-state index contributed by atoms with van der Waals surface area (Å²) in [5, 5.41) is -0.733. The summed E-state index contributed by atoms with van der Waals surface area (Å²) in [5.74, 6) is -1.39. The number of likely N-dealkylation sites (tertiary alicyclic amines) is 1. The third-order valence-electron chi connectivity index (χ3n) is 6.21. The zero-order valence-corrected chi connectivity index (χ0v) is 17.8. The van der Waals surface area contributed by atoms with Gasteiger partial charge in [0.25, 0.3) is 0 Å². The van der Waals surface area contributed by atoms with E-state index in [1.54, 1.807) is 4.90 Å². The minimum absolute atomic E-state index is 0.0276. The molecule has 6 nitrogen and oxygen atoms in total. The number of aryl methyl sites for hydroxylation is 1. The van der Waals surface area contributed by atoms with E-state index in [1.807, 2.05) is 61.5 Å². The number of sulfonamides is 1. The largest absolute Gasteiger partial charge is 0.335 e. The Bertz CT molecular complexity index is 1050. The fourth-order valence-electron chi connectivity index (χ4n) is 4.52. The SMILES string of the molecule is CC(c1ccccc1)N1CC(C(=O)NS(=O)(=O)C2CCCc3ccccc32)CC1=O. The Hall–Kier alpha value is -2.67. The fourth-order valence-corrected chi connectivity index (χ4v) is 6.15. The van der Waals surface area contributed by atoms with Gasteiger partial charge in [-0.2, -0.15) is 0 Å². The highest BCUT2D eigenvalue weighted by atomic mass is 32.2. The van der Waals surface area contributed by atoms with Crippen molar-refractivity contribution in [3.63, 3.8) is 0 Å². The summed E-state index contributed by atoms with van der Waals surface area (Å²) in [5.41, 5.74) is 2.77. The molecule has 2 aromatic carbocycles. The summed E-state index contributed by atoms with van der Waals surface area (Å²) >= 11 is 0. The number of hydrogen-bond donors (Lipinski definition) is 1. The molecule has 0 radical (unpaired) electrons. The number of carbonyl (C=O) groups excluding carboxylic acids is 2. The molecule has 1 heterocycles. The van der Waals surface area contributed by atoms with Crippen LogP contribution in [0.3, 0.4) is 0 Å². The molecule has 1 fully saturated rings. The van der Waals surface area contributed by atoms with Gasteiger partial charge >= 0.3 is 0 Å². The fraction of sp³-hybridized carbons (Fsp3) is 0.391. The molecular formula is C23H26N2O4S. The Morgan fingerprint density at radius 1 is 1.10 bits per heavy atom. The Kier molecular flexibility index (Phi) is 5.64. The number of rotatable bonds is 5. The summed E-state index contributed by atoms with van der Waals surface area (Å²) in [6.45, 7) is 2.14. The van der Waals surface area contributed by atoms with E-state index in [0.29, 0.717) is 6.42 Å². The predicted octanol–water partition coefficient (Wildman–Crippen LogP) is 3.12. The van der Waals surface area contributed by atoms with E-state index < -0.39 is 27.1 Å². The number of carbonyl (C=O) groups is 2. The molecule has 0 aromatic heterocycles. The van der Waals surface area contributed by atoms with Crippen molar-refractivity contribution in [1.82, 2.24) is 9.62 Å². The van der Waals surface area contributed by atoms with Gasteiger partial charge in [-0.1, -0.05) is 54.6 Å². The van der Waals surface area contributed by atoms with Crippen LogP contribution >= 0.6 is 0 Å². The number of nitrogens with one attached hydrogen (secondary N) is 1. The van der Waals surface area contributed by atoms with Crippen LogP contribution in [0.15, 0.2) is 54.6 Å². The van der Waals surface area contributed by atoms with Gasteiger partial charge in [0, 0.05) is 13.0 Å². The Morgan fingerprint density at radius 2 is 1.80 bits per heavy atom. The quantitative estimate of drug-likeness (QED) is 0.796. The van der Waals surface area contributed by atoms with Crippen molar-refractivity contribution in [2.24, 2.45) is 5.92 Å². The lowest BCUT2D eigenvalue weighted by atomic mass is 9.91. The van der Waals surface area contributed by atoms with E-state index in [2.05, 4.69) is 4.72 Å². The molecule has 0 saturated carbocycles. The topological polar surface area (TPSA) is 83.6 Å². The average molecular weight is 427 g/mol. The molecule has 1 saturated heterocycles. The number of hydrogen-bond acceptors (Lipinski definition) is 4. The van der Waals surface area contributed by atoms with Gasteiger partial charge in [-0.25, -0.2) is 8.42 Å². The second-order valence-corrected chi connectivity index (χ2v) is 9.99. The molecule has 4 rings (SSSR count). The maximum absolute atomic E-state index is 13.0. The summed E-state index contributed by atoms with van der Waals surface area (Å²) in [7, 11) is -3.87. The van der Waals surface area contributed by atoms with Crippen LogP contribution in [-0.4, -0.2) is 31.7 Å². The average Bonchev–Trinajstić information content (AvgIpc) is 3.15. The minimum atomic E-state index is -3.87. The van der Waals surface area contributed by atoms with Crippen molar-refractivity contribution in [3.8, 4) is 0 Å². The first kappa shape index (κ1) is 20.6. The highest BCUT2D eigenvalue weighted by Gasteiger charge is 2.40. The smallest absolute Gasteiger partial charge is 0.241 e. The first-order chi connectivity index (χ1) is 14.4. The van der Waals surface area contributed by atoms with Crippen LogP contribution in [0.4, 0.5) is 0 Å². The maximum atomic E-state index is 13.0. The third kappa shape index (κ3) is 3.99. The van der Waals surface area contributed by atoms with Gasteiger partial charge in [-0.3, -0.25) is 14.3 Å². The highest BCUT2D eigenvalue weighted by molar-refractivity contribution is 7.90. The number of fused-ring (bicyclic) bond motifs is 1. The molecule has 1 N–H and O–H groups in total. The molecule has 0 bridgehead atoms. The van der Waals surface area contributed by atoms with Gasteiger partial charge in [0.2, 0.25) is 21.8 Å². The summed E-state index contributed by atoms with van der Waals surface area (Å²) in [4.78, 5) is 27.0. The summed E-state index contributed by atoms with van der Waals surface area (Å²) < 4.78 is 28.3. The van der Waals surface area contributed by atoms with E-state index in [9.17, 15) is 18.0 Å². The second kappa shape index (κ2) is 8.22. The monoisotopic (exact) mass is 426 g/mol. The lowest BCUT2D eigenvalue weighted by molar-refractivity contribution is -0.130. The molecule has 3 unspecified atom stereocenters.